The van der Waals surface area contributed by atoms with Crippen LogP contribution in [0.1, 0.15) is 11.4 Å². The summed E-state index contributed by atoms with van der Waals surface area (Å²) in [6.45, 7) is -3.07. The Hall–Kier alpha value is -1.96. The standard InChI is InChI=1S/C13H14BF2NO4/c1-17-7-10(18)20-14(17,21-11(19)8-17)12(13(15)16)9-5-3-2-4-6-9/h2-6,12-13H,7-8H2,1H3. The molecule has 0 N–H and O–H groups in total. The highest BCUT2D eigenvalue weighted by molar-refractivity contribution is 6.67. The number of hydrogen-bond acceptors (Lipinski definition) is 4. The first-order chi connectivity index (χ1) is 9.88. The summed E-state index contributed by atoms with van der Waals surface area (Å²) < 4.78 is 37.6. The van der Waals surface area contributed by atoms with Crippen LogP contribution in [0.5, 0.6) is 0 Å². The average Bonchev–Trinajstić information content (AvgIpc) is 2.73. The Morgan fingerprint density at radius 2 is 1.62 bits per heavy atom. The fourth-order valence-electron chi connectivity index (χ4n) is 3.41. The third-order valence-corrected chi connectivity index (χ3v) is 4.36. The number of alkyl halides is 2. The van der Waals surface area contributed by atoms with Crippen LogP contribution in [-0.2, 0) is 18.9 Å². The van der Waals surface area contributed by atoms with Gasteiger partial charge in [0.1, 0.15) is 13.1 Å². The van der Waals surface area contributed by atoms with Gasteiger partial charge in [-0.3, -0.25) is 9.59 Å². The molecule has 5 nitrogen and oxygen atoms in total. The lowest BCUT2D eigenvalue weighted by atomic mass is 9.53. The number of quaternary nitrogens is 1. The second-order valence-corrected chi connectivity index (χ2v) is 5.77. The van der Waals surface area contributed by atoms with Gasteiger partial charge in [-0.2, -0.15) is 0 Å². The molecule has 112 valence electrons. The molecule has 0 spiro atoms. The molecule has 1 unspecified atom stereocenters. The van der Waals surface area contributed by atoms with Gasteiger partial charge >= 0.3 is 18.6 Å². The molecule has 1 aromatic rings. The Morgan fingerprint density at radius 1 is 1.10 bits per heavy atom. The summed E-state index contributed by atoms with van der Waals surface area (Å²) in [5, 5.41) is 0. The van der Waals surface area contributed by atoms with Crippen LogP contribution >= 0.6 is 0 Å². The van der Waals surface area contributed by atoms with E-state index in [1.807, 2.05) is 0 Å². The van der Waals surface area contributed by atoms with Gasteiger partial charge in [0.05, 0.1) is 5.82 Å². The molecule has 1 atom stereocenters. The van der Waals surface area contributed by atoms with Crippen LogP contribution in [0.3, 0.4) is 0 Å². The van der Waals surface area contributed by atoms with Crippen LogP contribution in [-0.4, -0.2) is 49.6 Å². The fourth-order valence-corrected chi connectivity index (χ4v) is 3.41. The van der Waals surface area contributed by atoms with Gasteiger partial charge < -0.3 is 13.7 Å². The molecule has 0 aromatic heterocycles. The highest BCUT2D eigenvalue weighted by Crippen LogP contribution is 2.45. The lowest BCUT2D eigenvalue weighted by Gasteiger charge is -2.44. The molecule has 8 heteroatoms. The van der Waals surface area contributed by atoms with E-state index in [-0.39, 0.29) is 17.5 Å². The van der Waals surface area contributed by atoms with E-state index in [2.05, 4.69) is 0 Å². The zero-order valence-electron chi connectivity index (χ0n) is 11.4. The van der Waals surface area contributed by atoms with Crippen molar-refractivity contribution in [1.82, 2.24) is 0 Å². The van der Waals surface area contributed by atoms with E-state index < -0.39 is 30.9 Å². The number of halogens is 2. The molecule has 2 fully saturated rings. The van der Waals surface area contributed by atoms with E-state index >= 15 is 0 Å². The lowest BCUT2D eigenvalue weighted by molar-refractivity contribution is -0.795. The van der Waals surface area contributed by atoms with Gasteiger partial charge in [0.15, 0.2) is 0 Å². The number of hydrogen-bond donors (Lipinski definition) is 0. The van der Waals surface area contributed by atoms with Crippen molar-refractivity contribution >= 4 is 18.6 Å². The molecule has 2 aliphatic heterocycles. The predicted octanol–water partition coefficient (Wildman–Crippen LogP) is 1.07. The lowest BCUT2D eigenvalue weighted by Crippen LogP contribution is -2.65. The second-order valence-electron chi connectivity index (χ2n) is 5.77. The molecule has 0 aliphatic carbocycles. The molecule has 1 aromatic carbocycles. The maximum atomic E-state index is 13.7. The van der Waals surface area contributed by atoms with Gasteiger partial charge in [0.25, 0.3) is 0 Å². The van der Waals surface area contributed by atoms with E-state index in [4.69, 9.17) is 9.31 Å². The summed E-state index contributed by atoms with van der Waals surface area (Å²) in [6.07, 6.45) is -2.82. The highest BCUT2D eigenvalue weighted by atomic mass is 19.3. The first-order valence-electron chi connectivity index (χ1n) is 6.64. The monoisotopic (exact) mass is 297 g/mol. The van der Waals surface area contributed by atoms with Crippen LogP contribution in [0.15, 0.2) is 30.3 Å². The topological polar surface area (TPSA) is 52.6 Å². The summed E-state index contributed by atoms with van der Waals surface area (Å²) in [4.78, 5) is 23.3. The first kappa shape index (κ1) is 14.0. The molecule has 2 saturated heterocycles. The molecule has 3 rings (SSSR count). The van der Waals surface area contributed by atoms with Crippen molar-refractivity contribution in [3.05, 3.63) is 35.9 Å². The van der Waals surface area contributed by atoms with Crippen LogP contribution in [0.25, 0.3) is 0 Å². The van der Waals surface area contributed by atoms with Crippen molar-refractivity contribution in [3.8, 4) is 0 Å². The van der Waals surface area contributed by atoms with Crippen molar-refractivity contribution in [1.29, 1.82) is 0 Å². The molecule has 0 radical (unpaired) electrons. The maximum absolute atomic E-state index is 13.7. The number of benzene rings is 1. The van der Waals surface area contributed by atoms with Crippen molar-refractivity contribution in [2.75, 3.05) is 20.1 Å². The van der Waals surface area contributed by atoms with Crippen LogP contribution in [0.2, 0.25) is 0 Å². The Bertz CT molecular complexity index is 575. The smallest absolute Gasteiger partial charge is 0.596 e. The molecule has 0 amide bonds. The molecule has 2 heterocycles. The van der Waals surface area contributed by atoms with Crippen LogP contribution in [0.4, 0.5) is 8.78 Å². The SMILES string of the molecule is C[N+]12CC(=O)O[B-]1(C(c1ccccc1)C(F)F)OC(=O)C2. The Kier molecular flexibility index (Phi) is 3.02. The minimum Gasteiger partial charge on any atom is -0.600 e. The highest BCUT2D eigenvalue weighted by Gasteiger charge is 2.71. The molecule has 0 bridgehead atoms. The number of nitrogens with zero attached hydrogens (tertiary/aromatic N) is 1. The average molecular weight is 297 g/mol. The normalized spacial score (nSPS) is 32.8. The Balaban J connectivity index is 2.13. The van der Waals surface area contributed by atoms with Crippen LogP contribution in [0, 0.1) is 0 Å². The zero-order chi connectivity index (χ0) is 15.3. The molecule has 21 heavy (non-hydrogen) atoms. The van der Waals surface area contributed by atoms with E-state index in [0.717, 1.165) is 0 Å². The number of likely N-dealkylation sites (N-methyl/N-ethyl adjacent to an activating group) is 1. The fraction of sp³-hybridized carbons (Fsp3) is 0.385. The maximum Gasteiger partial charge on any atom is 0.596 e. The number of fused-ring (bicyclic) bond motifs is 1. The van der Waals surface area contributed by atoms with E-state index in [0.29, 0.717) is 5.56 Å². The molecular weight excluding hydrogens is 283 g/mol. The Labute approximate surface area is 120 Å². The summed E-state index contributed by atoms with van der Waals surface area (Å²) in [6, 6.07) is 7.99. The van der Waals surface area contributed by atoms with Crippen molar-refractivity contribution in [3.63, 3.8) is 0 Å². The van der Waals surface area contributed by atoms with Gasteiger partial charge in [-0.1, -0.05) is 35.9 Å². The zero-order valence-corrected chi connectivity index (χ0v) is 11.4. The third kappa shape index (κ3) is 1.93. The number of carbonyl (C=O) groups excluding carboxylic acids is 2. The van der Waals surface area contributed by atoms with Gasteiger partial charge in [0.2, 0.25) is 6.43 Å². The van der Waals surface area contributed by atoms with E-state index in [1.54, 1.807) is 25.2 Å². The van der Waals surface area contributed by atoms with Crippen molar-refractivity contribution in [2.45, 2.75) is 12.2 Å². The third-order valence-electron chi connectivity index (χ3n) is 4.36. The minimum absolute atomic E-state index is 0.137. The molecule has 0 saturated carbocycles. The first-order valence-corrected chi connectivity index (χ1v) is 6.64. The van der Waals surface area contributed by atoms with Crippen molar-refractivity contribution < 1.29 is 32.1 Å². The second kappa shape index (κ2) is 4.52. The van der Waals surface area contributed by atoms with Gasteiger partial charge in [-0.05, 0) is 0 Å². The van der Waals surface area contributed by atoms with Gasteiger partial charge in [0, 0.05) is 7.05 Å². The van der Waals surface area contributed by atoms with E-state index in [1.165, 1.54) is 12.1 Å². The summed E-state index contributed by atoms with van der Waals surface area (Å²) in [5.74, 6) is -2.70. The minimum atomic E-state index is -2.82. The number of carbonyl (C=O) groups is 2. The summed E-state index contributed by atoms with van der Waals surface area (Å²) in [7, 11) is 1.55. The molecular formula is C13H14BF2NO4. The largest absolute Gasteiger partial charge is 0.600 e. The predicted molar refractivity (Wildman–Crippen MR) is 69.0 cm³/mol. The van der Waals surface area contributed by atoms with Crippen molar-refractivity contribution in [2.24, 2.45) is 0 Å². The Morgan fingerprint density at radius 3 is 2.10 bits per heavy atom. The van der Waals surface area contributed by atoms with Crippen LogP contribution < -0.4 is 0 Å². The summed E-state index contributed by atoms with van der Waals surface area (Å²) >= 11 is 0. The van der Waals surface area contributed by atoms with Gasteiger partial charge in [-0.15, -0.1) is 0 Å². The van der Waals surface area contributed by atoms with E-state index in [9.17, 15) is 18.4 Å². The van der Waals surface area contributed by atoms with Gasteiger partial charge in [-0.25, -0.2) is 8.78 Å². The number of rotatable bonds is 3. The quantitative estimate of drug-likeness (QED) is 0.783. The summed E-state index contributed by atoms with van der Waals surface area (Å²) in [5.41, 5.74) is 0.293. The molecule has 2 aliphatic rings.